The predicted molar refractivity (Wildman–Crippen MR) is 99.7 cm³/mol. The average molecular weight is 343 g/mol. The highest BCUT2D eigenvalue weighted by molar-refractivity contribution is 4.89. The van der Waals surface area contributed by atoms with Crippen LogP contribution in [0.15, 0.2) is 0 Å². The van der Waals surface area contributed by atoms with Crippen molar-refractivity contribution in [3.63, 3.8) is 0 Å². The summed E-state index contributed by atoms with van der Waals surface area (Å²) in [5.41, 5.74) is 0. The van der Waals surface area contributed by atoms with Crippen LogP contribution in [0.25, 0.3) is 0 Å². The summed E-state index contributed by atoms with van der Waals surface area (Å²) in [5.74, 6) is 1.75. The predicted octanol–water partition coefficient (Wildman–Crippen LogP) is 7.51. The first-order valence-electron chi connectivity index (χ1n) is 10.8. The quantitative estimate of drug-likeness (QED) is 0.331. The third kappa shape index (κ3) is 5.99. The molecule has 0 heterocycles. The Bertz CT molecular complexity index is 343. The molecule has 2 rings (SSSR count). The first-order valence-corrected chi connectivity index (χ1v) is 10.8. The highest BCUT2D eigenvalue weighted by Crippen LogP contribution is 2.44. The number of rotatable bonds is 7. The Morgan fingerprint density at radius 1 is 0.792 bits per heavy atom. The molecule has 0 nitrogen and oxygen atoms in total. The molecule has 7 unspecified atom stereocenters. The normalized spacial score (nSPS) is 41.1. The smallest absolute Gasteiger partial charge is 0.103 e. The van der Waals surface area contributed by atoms with E-state index >= 15 is 4.39 Å². The van der Waals surface area contributed by atoms with Crippen LogP contribution in [0, 0.1) is 29.6 Å². The van der Waals surface area contributed by atoms with Crippen LogP contribution in [0.3, 0.4) is 0 Å². The summed E-state index contributed by atoms with van der Waals surface area (Å²) in [7, 11) is 0. The molecule has 2 fully saturated rings. The lowest BCUT2D eigenvalue weighted by atomic mass is 9.71. The van der Waals surface area contributed by atoms with E-state index in [0.29, 0.717) is 18.3 Å². The number of hydrogen-bond donors (Lipinski definition) is 0. The van der Waals surface area contributed by atoms with Crippen LogP contribution < -0.4 is 0 Å². The third-order valence-electron chi connectivity index (χ3n) is 6.89. The monoisotopic (exact) mass is 342 g/mol. The van der Waals surface area contributed by atoms with E-state index in [1.165, 1.54) is 44.9 Å². The van der Waals surface area contributed by atoms with Gasteiger partial charge in [0.05, 0.1) is 0 Å². The van der Waals surface area contributed by atoms with Crippen molar-refractivity contribution in [3.8, 4) is 0 Å². The van der Waals surface area contributed by atoms with E-state index in [-0.39, 0.29) is 17.8 Å². The van der Waals surface area contributed by atoms with E-state index in [1.54, 1.807) is 0 Å². The number of unbranched alkanes of at least 4 members (excludes halogenated alkanes) is 4. The molecule has 2 aliphatic carbocycles. The van der Waals surface area contributed by atoms with E-state index in [0.717, 1.165) is 25.7 Å². The fourth-order valence-electron chi connectivity index (χ4n) is 5.31. The Labute approximate surface area is 149 Å². The molecular weight excluding hydrogens is 302 g/mol. The summed E-state index contributed by atoms with van der Waals surface area (Å²) in [6, 6.07) is 0. The minimum Gasteiger partial charge on any atom is -0.247 e. The maximum Gasteiger partial charge on any atom is 0.103 e. The maximum absolute atomic E-state index is 15.0. The fourth-order valence-corrected chi connectivity index (χ4v) is 5.31. The molecule has 0 aromatic carbocycles. The van der Waals surface area contributed by atoms with E-state index in [2.05, 4.69) is 13.8 Å². The van der Waals surface area contributed by atoms with Crippen molar-refractivity contribution >= 4 is 0 Å². The van der Waals surface area contributed by atoms with Crippen LogP contribution in [0.5, 0.6) is 0 Å². The third-order valence-corrected chi connectivity index (χ3v) is 6.89. The standard InChI is InChI=1S/C22H40F2/c1-4-5-6-7-8-9-18-12-16(2)13-20(22(24)14-18)19-11-10-17(3)21(23)15-19/h16-22H,4-15H2,1-3H3. The molecule has 7 atom stereocenters. The van der Waals surface area contributed by atoms with Gasteiger partial charge in [-0.25, -0.2) is 8.78 Å². The molecular formula is C22H40F2. The Morgan fingerprint density at radius 2 is 1.54 bits per heavy atom. The van der Waals surface area contributed by atoms with Crippen LogP contribution in [0.1, 0.15) is 97.8 Å². The highest BCUT2D eigenvalue weighted by Gasteiger charge is 2.39. The van der Waals surface area contributed by atoms with Gasteiger partial charge in [0.2, 0.25) is 0 Å². The van der Waals surface area contributed by atoms with Crippen molar-refractivity contribution in [2.24, 2.45) is 29.6 Å². The van der Waals surface area contributed by atoms with Gasteiger partial charge < -0.3 is 0 Å². The van der Waals surface area contributed by atoms with Gasteiger partial charge in [0.1, 0.15) is 12.3 Å². The molecule has 2 aliphatic rings. The zero-order valence-electron chi connectivity index (χ0n) is 16.3. The van der Waals surface area contributed by atoms with Crippen LogP contribution in [0.4, 0.5) is 8.78 Å². The molecule has 2 saturated carbocycles. The van der Waals surface area contributed by atoms with Gasteiger partial charge in [-0.2, -0.15) is 0 Å². The van der Waals surface area contributed by atoms with E-state index in [9.17, 15) is 4.39 Å². The molecule has 0 aromatic rings. The van der Waals surface area contributed by atoms with Crippen LogP contribution in [0.2, 0.25) is 0 Å². The van der Waals surface area contributed by atoms with Gasteiger partial charge in [-0.05, 0) is 68.1 Å². The van der Waals surface area contributed by atoms with Crippen molar-refractivity contribution in [1.82, 2.24) is 0 Å². The lowest BCUT2D eigenvalue weighted by molar-refractivity contribution is 0.0593. The molecule has 0 spiro atoms. The topological polar surface area (TPSA) is 0 Å². The van der Waals surface area contributed by atoms with Crippen molar-refractivity contribution in [2.45, 2.75) is 110 Å². The fraction of sp³-hybridized carbons (Fsp3) is 1.00. The minimum absolute atomic E-state index is 0.121. The van der Waals surface area contributed by atoms with E-state index in [1.807, 2.05) is 6.92 Å². The first kappa shape index (κ1) is 20.2. The average Bonchev–Trinajstić information content (AvgIpc) is 2.68. The molecule has 0 aromatic heterocycles. The largest absolute Gasteiger partial charge is 0.247 e. The molecule has 2 heteroatoms. The molecule has 0 bridgehead atoms. The zero-order valence-corrected chi connectivity index (χ0v) is 16.3. The van der Waals surface area contributed by atoms with Gasteiger partial charge in [0, 0.05) is 0 Å². The highest BCUT2D eigenvalue weighted by atomic mass is 19.1. The molecule has 0 N–H and O–H groups in total. The van der Waals surface area contributed by atoms with Gasteiger partial charge in [-0.15, -0.1) is 0 Å². The molecule has 0 saturated heterocycles. The second-order valence-electron chi connectivity index (χ2n) is 9.13. The van der Waals surface area contributed by atoms with Gasteiger partial charge in [0.25, 0.3) is 0 Å². The zero-order chi connectivity index (χ0) is 17.5. The van der Waals surface area contributed by atoms with Crippen molar-refractivity contribution in [1.29, 1.82) is 0 Å². The van der Waals surface area contributed by atoms with Gasteiger partial charge in [-0.1, -0.05) is 59.3 Å². The maximum atomic E-state index is 15.0. The van der Waals surface area contributed by atoms with Crippen molar-refractivity contribution in [3.05, 3.63) is 0 Å². The van der Waals surface area contributed by atoms with E-state index < -0.39 is 12.3 Å². The van der Waals surface area contributed by atoms with Crippen LogP contribution >= 0.6 is 0 Å². The lowest BCUT2D eigenvalue weighted by Gasteiger charge is -2.36. The summed E-state index contributed by atoms with van der Waals surface area (Å²) >= 11 is 0. The summed E-state index contributed by atoms with van der Waals surface area (Å²) in [6.45, 7) is 6.56. The number of hydrogen-bond acceptors (Lipinski definition) is 0. The second kappa shape index (κ2) is 10.1. The lowest BCUT2D eigenvalue weighted by Crippen LogP contribution is -2.33. The molecule has 142 valence electrons. The number of halogens is 2. The van der Waals surface area contributed by atoms with E-state index in [4.69, 9.17) is 0 Å². The molecule has 0 radical (unpaired) electrons. The Morgan fingerprint density at radius 3 is 2.25 bits per heavy atom. The summed E-state index contributed by atoms with van der Waals surface area (Å²) in [4.78, 5) is 0. The number of alkyl halides is 2. The van der Waals surface area contributed by atoms with Crippen molar-refractivity contribution < 1.29 is 8.78 Å². The molecule has 0 aliphatic heterocycles. The Kier molecular flexibility index (Phi) is 8.50. The second-order valence-corrected chi connectivity index (χ2v) is 9.13. The Balaban J connectivity index is 1.83. The summed E-state index contributed by atoms with van der Waals surface area (Å²) in [6.07, 6.45) is 11.8. The summed E-state index contributed by atoms with van der Waals surface area (Å²) in [5, 5.41) is 0. The summed E-state index contributed by atoms with van der Waals surface area (Å²) < 4.78 is 29.2. The van der Waals surface area contributed by atoms with Crippen LogP contribution in [-0.4, -0.2) is 12.3 Å². The van der Waals surface area contributed by atoms with Crippen molar-refractivity contribution in [2.75, 3.05) is 0 Å². The first-order chi connectivity index (χ1) is 11.5. The molecule has 24 heavy (non-hydrogen) atoms. The van der Waals surface area contributed by atoms with Gasteiger partial charge >= 0.3 is 0 Å². The minimum atomic E-state index is -0.705. The SMILES string of the molecule is CCCCCCCC1CC(C)CC(C2CCC(C)C(F)C2)C(F)C1. The molecule has 0 amide bonds. The van der Waals surface area contributed by atoms with Crippen LogP contribution in [-0.2, 0) is 0 Å². The van der Waals surface area contributed by atoms with Gasteiger partial charge in [0.15, 0.2) is 0 Å². The Hall–Kier alpha value is -0.140. The van der Waals surface area contributed by atoms with Gasteiger partial charge in [-0.3, -0.25) is 0 Å².